The molecule has 0 saturated carbocycles. The summed E-state index contributed by atoms with van der Waals surface area (Å²) in [5.74, 6) is 1.32. The van der Waals surface area contributed by atoms with Gasteiger partial charge in [0.2, 0.25) is 0 Å². The van der Waals surface area contributed by atoms with Crippen LogP contribution in [0, 0.1) is 17.2 Å². The summed E-state index contributed by atoms with van der Waals surface area (Å²) in [6.07, 6.45) is 5.25. The van der Waals surface area contributed by atoms with Crippen LogP contribution in [0.25, 0.3) is 0 Å². The number of nitrogens with zero attached hydrogens (tertiary/aromatic N) is 3. The molecule has 0 N–H and O–H groups in total. The van der Waals surface area contributed by atoms with Crippen molar-refractivity contribution in [2.24, 2.45) is 5.92 Å². The van der Waals surface area contributed by atoms with Crippen molar-refractivity contribution >= 4 is 0 Å². The van der Waals surface area contributed by atoms with Crippen LogP contribution in [0.1, 0.15) is 25.0 Å². The van der Waals surface area contributed by atoms with Crippen LogP contribution in [0.3, 0.4) is 0 Å². The minimum atomic E-state index is 0.265. The molecule has 2 saturated heterocycles. The zero-order valence-corrected chi connectivity index (χ0v) is 11.3. The first-order chi connectivity index (χ1) is 9.35. The summed E-state index contributed by atoms with van der Waals surface area (Å²) in [7, 11) is 0. The van der Waals surface area contributed by atoms with Crippen molar-refractivity contribution in [3.05, 3.63) is 24.2 Å². The van der Waals surface area contributed by atoms with Gasteiger partial charge in [0, 0.05) is 25.7 Å². The van der Waals surface area contributed by atoms with E-state index in [-0.39, 0.29) is 5.92 Å². The number of nitriles is 1. The topological polar surface area (TPSA) is 43.4 Å². The summed E-state index contributed by atoms with van der Waals surface area (Å²) >= 11 is 0. The second-order valence-corrected chi connectivity index (χ2v) is 5.70. The highest BCUT2D eigenvalue weighted by Gasteiger charge is 2.30. The van der Waals surface area contributed by atoms with Crippen molar-refractivity contribution in [2.45, 2.75) is 31.8 Å². The minimum Gasteiger partial charge on any atom is -0.468 e. The fourth-order valence-electron chi connectivity index (χ4n) is 3.29. The van der Waals surface area contributed by atoms with Crippen molar-refractivity contribution in [3.8, 4) is 6.07 Å². The van der Waals surface area contributed by atoms with Crippen LogP contribution in [0.5, 0.6) is 0 Å². The molecular formula is C15H21N3O. The summed E-state index contributed by atoms with van der Waals surface area (Å²) in [6, 6.07) is 7.09. The molecular weight excluding hydrogens is 238 g/mol. The van der Waals surface area contributed by atoms with Crippen molar-refractivity contribution < 1.29 is 4.42 Å². The van der Waals surface area contributed by atoms with E-state index in [4.69, 9.17) is 9.68 Å². The second kappa shape index (κ2) is 5.77. The second-order valence-electron chi connectivity index (χ2n) is 5.70. The van der Waals surface area contributed by atoms with Gasteiger partial charge in [0.05, 0.1) is 24.8 Å². The average Bonchev–Trinajstić information content (AvgIpc) is 3.10. The largest absolute Gasteiger partial charge is 0.468 e. The fourth-order valence-corrected chi connectivity index (χ4v) is 3.29. The maximum Gasteiger partial charge on any atom is 0.117 e. The van der Waals surface area contributed by atoms with Gasteiger partial charge in [0.15, 0.2) is 0 Å². The summed E-state index contributed by atoms with van der Waals surface area (Å²) in [5.41, 5.74) is 0. The zero-order chi connectivity index (χ0) is 13.1. The van der Waals surface area contributed by atoms with E-state index in [1.807, 2.05) is 12.1 Å². The Bertz CT molecular complexity index is 429. The summed E-state index contributed by atoms with van der Waals surface area (Å²) in [5, 5.41) is 8.97. The van der Waals surface area contributed by atoms with Gasteiger partial charge in [-0.15, -0.1) is 0 Å². The molecule has 2 fully saturated rings. The molecule has 4 nitrogen and oxygen atoms in total. The lowest BCUT2D eigenvalue weighted by Gasteiger charge is -2.36. The first-order valence-corrected chi connectivity index (χ1v) is 7.23. The van der Waals surface area contributed by atoms with Crippen LogP contribution < -0.4 is 0 Å². The van der Waals surface area contributed by atoms with Crippen LogP contribution in [0.4, 0.5) is 0 Å². The highest BCUT2D eigenvalue weighted by Crippen LogP contribution is 2.24. The van der Waals surface area contributed by atoms with Crippen molar-refractivity contribution in [2.75, 3.05) is 26.2 Å². The lowest BCUT2D eigenvalue weighted by molar-refractivity contribution is 0.116. The van der Waals surface area contributed by atoms with Gasteiger partial charge >= 0.3 is 0 Å². The average molecular weight is 259 g/mol. The maximum absolute atomic E-state index is 8.97. The molecule has 0 spiro atoms. The van der Waals surface area contributed by atoms with Crippen LogP contribution in [0.15, 0.2) is 22.8 Å². The highest BCUT2D eigenvalue weighted by molar-refractivity contribution is 4.99. The van der Waals surface area contributed by atoms with Gasteiger partial charge in [-0.2, -0.15) is 5.26 Å². The van der Waals surface area contributed by atoms with Crippen LogP contribution in [0.2, 0.25) is 0 Å². The molecule has 102 valence electrons. The molecule has 1 atom stereocenters. The van der Waals surface area contributed by atoms with E-state index in [1.54, 1.807) is 6.26 Å². The highest BCUT2D eigenvalue weighted by atomic mass is 16.3. The molecule has 0 aromatic carbocycles. The number of rotatable bonds is 3. The molecule has 1 aromatic heterocycles. The van der Waals surface area contributed by atoms with Gasteiger partial charge in [0.25, 0.3) is 0 Å². The molecule has 1 aromatic rings. The molecule has 0 amide bonds. The minimum absolute atomic E-state index is 0.265. The van der Waals surface area contributed by atoms with Crippen LogP contribution in [-0.4, -0.2) is 42.0 Å². The lowest BCUT2D eigenvalue weighted by Crippen LogP contribution is -2.43. The summed E-state index contributed by atoms with van der Waals surface area (Å²) in [4.78, 5) is 4.99. The van der Waals surface area contributed by atoms with Gasteiger partial charge in [0.1, 0.15) is 5.76 Å². The lowest BCUT2D eigenvalue weighted by atomic mass is 10.0. The molecule has 3 rings (SSSR count). The first kappa shape index (κ1) is 12.7. The molecule has 4 heteroatoms. The third-order valence-corrected chi connectivity index (χ3v) is 4.44. The van der Waals surface area contributed by atoms with Crippen molar-refractivity contribution in [1.82, 2.24) is 9.80 Å². The van der Waals surface area contributed by atoms with Gasteiger partial charge in [-0.3, -0.25) is 9.80 Å². The van der Waals surface area contributed by atoms with E-state index < -0.39 is 0 Å². The Balaban J connectivity index is 1.46. The van der Waals surface area contributed by atoms with E-state index in [9.17, 15) is 0 Å². The van der Waals surface area contributed by atoms with Gasteiger partial charge in [-0.25, -0.2) is 0 Å². The maximum atomic E-state index is 8.97. The summed E-state index contributed by atoms with van der Waals surface area (Å²) < 4.78 is 5.40. The third-order valence-electron chi connectivity index (χ3n) is 4.44. The molecule has 3 heterocycles. The molecule has 0 aliphatic carbocycles. The Morgan fingerprint density at radius 3 is 2.74 bits per heavy atom. The van der Waals surface area contributed by atoms with Crippen molar-refractivity contribution in [1.29, 1.82) is 5.26 Å². The smallest absolute Gasteiger partial charge is 0.117 e. The van der Waals surface area contributed by atoms with Crippen LogP contribution in [-0.2, 0) is 6.54 Å². The number of likely N-dealkylation sites (tertiary alicyclic amines) is 2. The van der Waals surface area contributed by atoms with E-state index in [2.05, 4.69) is 15.9 Å². The van der Waals surface area contributed by atoms with Gasteiger partial charge < -0.3 is 4.42 Å². The Kier molecular flexibility index (Phi) is 3.86. The zero-order valence-electron chi connectivity index (χ0n) is 11.3. The Labute approximate surface area is 114 Å². The van der Waals surface area contributed by atoms with E-state index in [0.717, 1.165) is 44.9 Å². The molecule has 19 heavy (non-hydrogen) atoms. The standard InChI is InChI=1S/C15H21N3O/c16-10-13-3-8-18(11-13)14-4-6-17(7-5-14)12-15-2-1-9-19-15/h1-2,9,13-14H,3-8,11-12H2. The predicted molar refractivity (Wildman–Crippen MR) is 72.3 cm³/mol. The van der Waals surface area contributed by atoms with Crippen LogP contribution >= 0.6 is 0 Å². The first-order valence-electron chi connectivity index (χ1n) is 7.23. The van der Waals surface area contributed by atoms with Gasteiger partial charge in [-0.1, -0.05) is 0 Å². The number of hydrogen-bond acceptors (Lipinski definition) is 4. The number of furan rings is 1. The Morgan fingerprint density at radius 2 is 2.11 bits per heavy atom. The Morgan fingerprint density at radius 1 is 1.26 bits per heavy atom. The normalized spacial score (nSPS) is 26.6. The SMILES string of the molecule is N#CC1CCN(C2CCN(Cc3ccco3)CC2)C1. The monoisotopic (exact) mass is 259 g/mol. The van der Waals surface area contributed by atoms with Gasteiger partial charge in [-0.05, 0) is 37.9 Å². The Hall–Kier alpha value is -1.31. The number of piperidine rings is 1. The quantitative estimate of drug-likeness (QED) is 0.833. The van der Waals surface area contributed by atoms with E-state index >= 15 is 0 Å². The molecule has 1 unspecified atom stereocenters. The van der Waals surface area contributed by atoms with E-state index in [1.165, 1.54) is 12.8 Å². The predicted octanol–water partition coefficient (Wildman–Crippen LogP) is 2.09. The summed E-state index contributed by atoms with van der Waals surface area (Å²) in [6.45, 7) is 5.30. The third kappa shape index (κ3) is 2.99. The molecule has 2 aliphatic heterocycles. The molecule has 2 aliphatic rings. The molecule has 0 bridgehead atoms. The fraction of sp³-hybridized carbons (Fsp3) is 0.667. The van der Waals surface area contributed by atoms with E-state index in [0.29, 0.717) is 6.04 Å². The number of hydrogen-bond donors (Lipinski definition) is 0. The van der Waals surface area contributed by atoms with Crippen molar-refractivity contribution in [3.63, 3.8) is 0 Å². The molecule has 0 radical (unpaired) electrons.